The molecule has 0 aromatic heterocycles. The first-order chi connectivity index (χ1) is 10.1. The number of aryl methyl sites for hydroxylation is 1. The van der Waals surface area contributed by atoms with E-state index in [1.807, 2.05) is 25.1 Å². The second kappa shape index (κ2) is 6.16. The molecule has 3 rings (SSSR count). The molecule has 4 heteroatoms. The molecule has 0 heterocycles. The van der Waals surface area contributed by atoms with E-state index in [1.54, 1.807) is 12.1 Å². The zero-order valence-electron chi connectivity index (χ0n) is 11.8. The van der Waals surface area contributed by atoms with Gasteiger partial charge in [0.25, 0.3) is 0 Å². The molecule has 1 saturated carbocycles. The molecule has 0 amide bonds. The Kier molecular flexibility index (Phi) is 4.27. The van der Waals surface area contributed by atoms with Gasteiger partial charge in [-0.2, -0.15) is 0 Å². The molecule has 0 saturated heterocycles. The van der Waals surface area contributed by atoms with Crippen LogP contribution in [-0.4, -0.2) is 6.04 Å². The van der Waals surface area contributed by atoms with E-state index in [1.165, 1.54) is 18.9 Å². The van der Waals surface area contributed by atoms with Crippen molar-refractivity contribution in [2.75, 3.05) is 0 Å². The molecule has 0 atom stereocenters. The van der Waals surface area contributed by atoms with Crippen LogP contribution in [0.2, 0.25) is 0 Å². The Morgan fingerprint density at radius 2 is 1.95 bits per heavy atom. The van der Waals surface area contributed by atoms with Crippen LogP contribution in [0.25, 0.3) is 0 Å². The first-order valence-corrected chi connectivity index (χ1v) is 7.87. The minimum absolute atomic E-state index is 0.234. The van der Waals surface area contributed by atoms with Crippen LogP contribution in [0, 0.1) is 12.7 Å². The van der Waals surface area contributed by atoms with Crippen molar-refractivity contribution < 1.29 is 9.13 Å². The van der Waals surface area contributed by atoms with Gasteiger partial charge in [0.1, 0.15) is 17.3 Å². The topological polar surface area (TPSA) is 21.3 Å². The van der Waals surface area contributed by atoms with Crippen LogP contribution in [0.4, 0.5) is 4.39 Å². The van der Waals surface area contributed by atoms with Gasteiger partial charge >= 0.3 is 0 Å². The van der Waals surface area contributed by atoms with Gasteiger partial charge in [0, 0.05) is 22.6 Å². The number of benzene rings is 2. The van der Waals surface area contributed by atoms with Crippen molar-refractivity contribution in [3.05, 3.63) is 57.8 Å². The van der Waals surface area contributed by atoms with Gasteiger partial charge < -0.3 is 10.1 Å². The number of rotatable bonds is 5. The molecule has 1 aliphatic carbocycles. The van der Waals surface area contributed by atoms with Crippen molar-refractivity contribution >= 4 is 15.9 Å². The summed E-state index contributed by atoms with van der Waals surface area (Å²) in [6, 6.07) is 11.1. The summed E-state index contributed by atoms with van der Waals surface area (Å²) >= 11 is 3.44. The largest absolute Gasteiger partial charge is 0.457 e. The molecule has 1 fully saturated rings. The standard InChI is InChI=1S/C17H17BrFNO/c1-11-8-13(18)2-6-16(11)21-17-7-3-14(19)9-12(17)10-20-15-4-5-15/h2-3,6-9,15,20H,4-5,10H2,1H3. The molecule has 21 heavy (non-hydrogen) atoms. The predicted molar refractivity (Wildman–Crippen MR) is 85.2 cm³/mol. The SMILES string of the molecule is Cc1cc(Br)ccc1Oc1ccc(F)cc1CNC1CC1. The van der Waals surface area contributed by atoms with Crippen molar-refractivity contribution in [3.8, 4) is 11.5 Å². The Labute approximate surface area is 132 Å². The summed E-state index contributed by atoms with van der Waals surface area (Å²) in [5.41, 5.74) is 1.89. The maximum absolute atomic E-state index is 13.5. The molecule has 0 unspecified atom stereocenters. The van der Waals surface area contributed by atoms with Crippen LogP contribution in [0.15, 0.2) is 40.9 Å². The molecule has 0 bridgehead atoms. The summed E-state index contributed by atoms with van der Waals surface area (Å²) in [5, 5.41) is 3.40. The Hall–Kier alpha value is -1.39. The Morgan fingerprint density at radius 3 is 2.67 bits per heavy atom. The van der Waals surface area contributed by atoms with E-state index in [4.69, 9.17) is 4.74 Å². The zero-order chi connectivity index (χ0) is 14.8. The first-order valence-electron chi connectivity index (χ1n) is 7.07. The van der Waals surface area contributed by atoms with E-state index in [2.05, 4.69) is 21.2 Å². The van der Waals surface area contributed by atoms with E-state index in [-0.39, 0.29) is 5.82 Å². The van der Waals surface area contributed by atoms with Crippen LogP contribution < -0.4 is 10.1 Å². The molecule has 2 nitrogen and oxygen atoms in total. The zero-order valence-corrected chi connectivity index (χ0v) is 13.4. The molecule has 110 valence electrons. The molecule has 0 radical (unpaired) electrons. The fourth-order valence-corrected chi connectivity index (χ4v) is 2.65. The average Bonchev–Trinajstić information content (AvgIpc) is 3.26. The van der Waals surface area contributed by atoms with Crippen molar-refractivity contribution in [2.24, 2.45) is 0 Å². The molecular formula is C17H17BrFNO. The van der Waals surface area contributed by atoms with E-state index >= 15 is 0 Å². The highest BCUT2D eigenvalue weighted by Crippen LogP contribution is 2.30. The van der Waals surface area contributed by atoms with Crippen LogP contribution >= 0.6 is 15.9 Å². The van der Waals surface area contributed by atoms with Gasteiger partial charge in [-0.3, -0.25) is 0 Å². The summed E-state index contributed by atoms with van der Waals surface area (Å²) in [7, 11) is 0. The summed E-state index contributed by atoms with van der Waals surface area (Å²) < 4.78 is 20.5. The summed E-state index contributed by atoms with van der Waals surface area (Å²) in [4.78, 5) is 0. The molecule has 2 aromatic rings. The third kappa shape index (κ3) is 3.83. The summed E-state index contributed by atoms with van der Waals surface area (Å²) in [6.07, 6.45) is 2.41. The highest BCUT2D eigenvalue weighted by Gasteiger charge is 2.21. The maximum atomic E-state index is 13.5. The highest BCUT2D eigenvalue weighted by molar-refractivity contribution is 9.10. The number of nitrogens with one attached hydrogen (secondary N) is 1. The quantitative estimate of drug-likeness (QED) is 0.825. The summed E-state index contributed by atoms with van der Waals surface area (Å²) in [6.45, 7) is 2.62. The van der Waals surface area contributed by atoms with E-state index in [9.17, 15) is 4.39 Å². The molecule has 1 aliphatic rings. The molecule has 0 spiro atoms. The third-order valence-corrected chi connectivity index (χ3v) is 4.03. The summed E-state index contributed by atoms with van der Waals surface area (Å²) in [5.74, 6) is 1.26. The maximum Gasteiger partial charge on any atom is 0.132 e. The highest BCUT2D eigenvalue weighted by atomic mass is 79.9. The Bertz CT molecular complexity index is 655. The fourth-order valence-electron chi connectivity index (χ4n) is 2.17. The van der Waals surface area contributed by atoms with Crippen LogP contribution in [0.3, 0.4) is 0 Å². The fraction of sp³-hybridized carbons (Fsp3) is 0.294. The van der Waals surface area contributed by atoms with E-state index in [0.717, 1.165) is 21.3 Å². The average molecular weight is 350 g/mol. The lowest BCUT2D eigenvalue weighted by atomic mass is 10.1. The van der Waals surface area contributed by atoms with Gasteiger partial charge in [-0.05, 0) is 61.7 Å². The van der Waals surface area contributed by atoms with Gasteiger partial charge in [-0.15, -0.1) is 0 Å². The first kappa shape index (κ1) is 14.5. The van der Waals surface area contributed by atoms with Crippen molar-refractivity contribution in [2.45, 2.75) is 32.4 Å². The van der Waals surface area contributed by atoms with E-state index < -0.39 is 0 Å². The lowest BCUT2D eigenvalue weighted by Crippen LogP contribution is -2.16. The van der Waals surface area contributed by atoms with Gasteiger partial charge in [0.15, 0.2) is 0 Å². The van der Waals surface area contributed by atoms with Crippen LogP contribution in [0.1, 0.15) is 24.0 Å². The van der Waals surface area contributed by atoms with Gasteiger partial charge in [-0.25, -0.2) is 4.39 Å². The van der Waals surface area contributed by atoms with Crippen molar-refractivity contribution in [1.82, 2.24) is 5.32 Å². The Balaban J connectivity index is 1.82. The second-order valence-electron chi connectivity index (χ2n) is 5.42. The molecular weight excluding hydrogens is 333 g/mol. The van der Waals surface area contributed by atoms with E-state index in [0.29, 0.717) is 18.3 Å². The Morgan fingerprint density at radius 1 is 1.19 bits per heavy atom. The van der Waals surface area contributed by atoms with Gasteiger partial charge in [-0.1, -0.05) is 15.9 Å². The minimum Gasteiger partial charge on any atom is -0.457 e. The molecule has 0 aliphatic heterocycles. The second-order valence-corrected chi connectivity index (χ2v) is 6.33. The predicted octanol–water partition coefficient (Wildman–Crippen LogP) is 4.94. The third-order valence-electron chi connectivity index (χ3n) is 3.54. The van der Waals surface area contributed by atoms with Gasteiger partial charge in [0.2, 0.25) is 0 Å². The lowest BCUT2D eigenvalue weighted by molar-refractivity contribution is 0.466. The monoisotopic (exact) mass is 349 g/mol. The minimum atomic E-state index is -0.234. The smallest absolute Gasteiger partial charge is 0.132 e. The van der Waals surface area contributed by atoms with Crippen molar-refractivity contribution in [1.29, 1.82) is 0 Å². The number of hydrogen-bond acceptors (Lipinski definition) is 2. The number of hydrogen-bond donors (Lipinski definition) is 1. The number of halogens is 2. The molecule has 1 N–H and O–H groups in total. The van der Waals surface area contributed by atoms with Crippen molar-refractivity contribution in [3.63, 3.8) is 0 Å². The van der Waals surface area contributed by atoms with Crippen LogP contribution in [-0.2, 0) is 6.54 Å². The normalized spacial score (nSPS) is 14.2. The number of ether oxygens (including phenoxy) is 1. The van der Waals surface area contributed by atoms with Crippen LogP contribution in [0.5, 0.6) is 11.5 Å². The lowest BCUT2D eigenvalue weighted by Gasteiger charge is -2.14. The molecule has 2 aromatic carbocycles. The van der Waals surface area contributed by atoms with Gasteiger partial charge in [0.05, 0.1) is 0 Å².